The van der Waals surface area contributed by atoms with Crippen molar-refractivity contribution in [2.45, 2.75) is 277 Å². The van der Waals surface area contributed by atoms with E-state index in [0.717, 1.165) is 103 Å². The molecule has 0 N–H and O–H groups in total. The number of carbonyl (C=O) groups is 3. The van der Waals surface area contributed by atoms with Crippen LogP contribution in [-0.4, -0.2) is 37.2 Å². The fourth-order valence-corrected chi connectivity index (χ4v) is 7.81. The molecule has 1 atom stereocenters. The topological polar surface area (TPSA) is 78.9 Å². The molecule has 68 heavy (non-hydrogen) atoms. The fraction of sp³-hybridized carbons (Fsp3) is 0.726. The molecule has 0 saturated heterocycles. The van der Waals surface area contributed by atoms with E-state index >= 15 is 0 Å². The zero-order valence-electron chi connectivity index (χ0n) is 44.6. The number of ether oxygens (including phenoxy) is 3. The van der Waals surface area contributed by atoms with Crippen LogP contribution in [0, 0.1) is 0 Å². The van der Waals surface area contributed by atoms with E-state index in [1.807, 2.05) is 0 Å². The van der Waals surface area contributed by atoms with E-state index in [2.05, 4.69) is 106 Å². The molecule has 0 aliphatic carbocycles. The SMILES string of the molecule is CC/C=C\C/C=C\C/C=C\C/C=C\CCCCC(=O)OC[C@H](COC(=O)CCCCCCCCCCC/C=C\C/C=C\CCCCC)OC(=O)CCCCCCC/C=C\CCCCCCCCC. The van der Waals surface area contributed by atoms with Crippen molar-refractivity contribution in [3.05, 3.63) is 85.1 Å². The molecule has 0 fully saturated rings. The molecule has 0 aliphatic heterocycles. The number of unbranched alkanes of at least 4 members (excludes halogenated alkanes) is 26. The Balaban J connectivity index is 4.44. The van der Waals surface area contributed by atoms with Gasteiger partial charge in [0.1, 0.15) is 13.2 Å². The van der Waals surface area contributed by atoms with E-state index in [0.29, 0.717) is 19.3 Å². The van der Waals surface area contributed by atoms with Crippen LogP contribution in [0.2, 0.25) is 0 Å². The summed E-state index contributed by atoms with van der Waals surface area (Å²) in [6.45, 7) is 6.46. The van der Waals surface area contributed by atoms with E-state index in [1.54, 1.807) is 0 Å². The molecule has 0 aromatic rings. The predicted octanol–water partition coefficient (Wildman–Crippen LogP) is 19.2. The van der Waals surface area contributed by atoms with Crippen LogP contribution in [0.25, 0.3) is 0 Å². The highest BCUT2D eigenvalue weighted by Crippen LogP contribution is 2.15. The third-order valence-corrected chi connectivity index (χ3v) is 12.1. The van der Waals surface area contributed by atoms with Gasteiger partial charge in [0, 0.05) is 19.3 Å². The van der Waals surface area contributed by atoms with E-state index in [1.165, 1.54) is 128 Å². The monoisotopic (exact) mass is 947 g/mol. The normalized spacial score (nSPS) is 12.7. The molecule has 0 bridgehead atoms. The lowest BCUT2D eigenvalue weighted by atomic mass is 10.1. The quantitative estimate of drug-likeness (QED) is 0.0262. The van der Waals surface area contributed by atoms with Gasteiger partial charge in [0.05, 0.1) is 0 Å². The highest BCUT2D eigenvalue weighted by Gasteiger charge is 2.19. The summed E-state index contributed by atoms with van der Waals surface area (Å²) in [5.74, 6) is -0.946. The maximum atomic E-state index is 12.8. The van der Waals surface area contributed by atoms with Gasteiger partial charge in [0.25, 0.3) is 0 Å². The maximum absolute atomic E-state index is 12.8. The van der Waals surface area contributed by atoms with Crippen LogP contribution >= 0.6 is 0 Å². The van der Waals surface area contributed by atoms with Gasteiger partial charge in [-0.3, -0.25) is 14.4 Å². The molecular formula is C62H106O6. The Kier molecular flexibility index (Phi) is 53.4. The van der Waals surface area contributed by atoms with Gasteiger partial charge in [-0.05, 0) is 116 Å². The molecule has 0 radical (unpaired) electrons. The zero-order valence-corrected chi connectivity index (χ0v) is 44.6. The molecule has 0 unspecified atom stereocenters. The lowest BCUT2D eigenvalue weighted by Crippen LogP contribution is -2.30. The second kappa shape index (κ2) is 56.2. The number of allylic oxidation sites excluding steroid dienone is 14. The van der Waals surface area contributed by atoms with Crippen molar-refractivity contribution in [3.8, 4) is 0 Å². The second-order valence-corrected chi connectivity index (χ2v) is 18.8. The molecule has 6 heteroatoms. The Morgan fingerprint density at radius 1 is 0.309 bits per heavy atom. The summed E-state index contributed by atoms with van der Waals surface area (Å²) in [4.78, 5) is 38.1. The Labute approximate surface area is 420 Å². The fourth-order valence-electron chi connectivity index (χ4n) is 7.81. The molecule has 0 saturated carbocycles. The molecule has 390 valence electrons. The van der Waals surface area contributed by atoms with Crippen molar-refractivity contribution in [2.75, 3.05) is 13.2 Å². The largest absolute Gasteiger partial charge is 0.462 e. The number of hydrogen-bond acceptors (Lipinski definition) is 6. The first-order valence-corrected chi connectivity index (χ1v) is 28.6. The average Bonchev–Trinajstić information content (AvgIpc) is 3.34. The summed E-state index contributed by atoms with van der Waals surface area (Å²) < 4.78 is 16.8. The van der Waals surface area contributed by atoms with Crippen molar-refractivity contribution in [3.63, 3.8) is 0 Å². The average molecular weight is 948 g/mol. The van der Waals surface area contributed by atoms with Crippen molar-refractivity contribution >= 4 is 17.9 Å². The summed E-state index contributed by atoms with van der Waals surface area (Å²) in [7, 11) is 0. The van der Waals surface area contributed by atoms with Gasteiger partial charge >= 0.3 is 17.9 Å². The summed E-state index contributed by atoms with van der Waals surface area (Å²) in [5.41, 5.74) is 0. The van der Waals surface area contributed by atoms with Crippen molar-refractivity contribution in [1.82, 2.24) is 0 Å². The molecular weight excluding hydrogens is 841 g/mol. The van der Waals surface area contributed by atoms with Gasteiger partial charge in [-0.25, -0.2) is 0 Å². The molecule has 0 spiro atoms. The van der Waals surface area contributed by atoms with E-state index in [4.69, 9.17) is 14.2 Å². The summed E-state index contributed by atoms with van der Waals surface area (Å²) in [6, 6.07) is 0. The minimum Gasteiger partial charge on any atom is -0.462 e. The molecule has 0 heterocycles. The van der Waals surface area contributed by atoms with Gasteiger partial charge < -0.3 is 14.2 Å². The van der Waals surface area contributed by atoms with E-state index in [9.17, 15) is 14.4 Å². The summed E-state index contributed by atoms with van der Waals surface area (Å²) in [6.07, 6.45) is 72.9. The van der Waals surface area contributed by atoms with Gasteiger partial charge in [-0.15, -0.1) is 0 Å². The minimum atomic E-state index is -0.800. The van der Waals surface area contributed by atoms with Crippen LogP contribution in [0.4, 0.5) is 0 Å². The molecule has 0 amide bonds. The lowest BCUT2D eigenvalue weighted by molar-refractivity contribution is -0.167. The second-order valence-electron chi connectivity index (χ2n) is 18.8. The highest BCUT2D eigenvalue weighted by molar-refractivity contribution is 5.71. The van der Waals surface area contributed by atoms with Gasteiger partial charge in [-0.1, -0.05) is 221 Å². The molecule has 0 aromatic heterocycles. The van der Waals surface area contributed by atoms with Gasteiger partial charge in [0.15, 0.2) is 6.10 Å². The van der Waals surface area contributed by atoms with Crippen LogP contribution in [0.15, 0.2) is 85.1 Å². The Bertz CT molecular complexity index is 1320. The van der Waals surface area contributed by atoms with E-state index in [-0.39, 0.29) is 31.1 Å². The first-order valence-electron chi connectivity index (χ1n) is 28.6. The van der Waals surface area contributed by atoms with E-state index < -0.39 is 6.10 Å². The number of rotatable bonds is 51. The smallest absolute Gasteiger partial charge is 0.306 e. The van der Waals surface area contributed by atoms with Crippen LogP contribution in [0.3, 0.4) is 0 Å². The number of carbonyl (C=O) groups excluding carboxylic acids is 3. The number of hydrogen-bond donors (Lipinski definition) is 0. The van der Waals surface area contributed by atoms with Crippen molar-refractivity contribution < 1.29 is 28.6 Å². The predicted molar refractivity (Wildman–Crippen MR) is 293 cm³/mol. The number of esters is 3. The standard InChI is InChI=1S/C62H106O6/c1-4-7-10-13-16-19-22-25-28-30-31-32-35-37-40-43-46-49-52-55-61(64)67-58-59(57-66-60(63)54-51-48-45-42-39-36-33-27-24-21-18-15-12-9-6-3)68-62(65)56-53-50-47-44-41-38-34-29-26-23-20-17-14-11-8-5-2/h9,12,16,18-19,21,25,27-29,33-34,39,42,59H,4-8,10-11,13-15,17,20,22-24,26,30-32,35-38,40-41,43-58H2,1-3H3/b12-9-,19-16-,21-18-,28-25-,33-27-,34-29-,42-39-/t59-/m1/s1. The van der Waals surface area contributed by atoms with Crippen LogP contribution < -0.4 is 0 Å². The van der Waals surface area contributed by atoms with Crippen molar-refractivity contribution in [1.29, 1.82) is 0 Å². The Morgan fingerprint density at radius 3 is 0.971 bits per heavy atom. The molecule has 0 rings (SSSR count). The van der Waals surface area contributed by atoms with Crippen LogP contribution in [0.1, 0.15) is 271 Å². The van der Waals surface area contributed by atoms with Gasteiger partial charge in [-0.2, -0.15) is 0 Å². The van der Waals surface area contributed by atoms with Crippen LogP contribution in [0.5, 0.6) is 0 Å². The molecule has 0 aliphatic rings. The first kappa shape index (κ1) is 64.6. The van der Waals surface area contributed by atoms with Gasteiger partial charge in [0.2, 0.25) is 0 Å². The third kappa shape index (κ3) is 53.5. The summed E-state index contributed by atoms with van der Waals surface area (Å²) >= 11 is 0. The highest BCUT2D eigenvalue weighted by atomic mass is 16.6. The van der Waals surface area contributed by atoms with Crippen molar-refractivity contribution in [2.24, 2.45) is 0 Å². The maximum Gasteiger partial charge on any atom is 0.306 e. The Morgan fingerprint density at radius 2 is 0.574 bits per heavy atom. The third-order valence-electron chi connectivity index (χ3n) is 12.1. The minimum absolute atomic E-state index is 0.0951. The van der Waals surface area contributed by atoms with Crippen LogP contribution in [-0.2, 0) is 28.6 Å². The Hall–Kier alpha value is -3.41. The molecule has 6 nitrogen and oxygen atoms in total. The zero-order chi connectivity index (χ0) is 49.3. The molecule has 0 aromatic carbocycles. The first-order chi connectivity index (χ1) is 33.5. The lowest BCUT2D eigenvalue weighted by Gasteiger charge is -2.18. The summed E-state index contributed by atoms with van der Waals surface area (Å²) in [5, 5.41) is 0.